The van der Waals surface area contributed by atoms with Crippen LogP contribution in [0.1, 0.15) is 19.4 Å². The van der Waals surface area contributed by atoms with E-state index < -0.39 is 5.79 Å². The third-order valence-electron chi connectivity index (χ3n) is 2.17. The summed E-state index contributed by atoms with van der Waals surface area (Å²) in [5.41, 5.74) is 6.48. The lowest BCUT2D eigenvalue weighted by molar-refractivity contribution is -0.235. The van der Waals surface area contributed by atoms with Crippen molar-refractivity contribution in [3.05, 3.63) is 29.0 Å². The molecule has 0 amide bonds. The molecule has 0 saturated carbocycles. The Kier molecular flexibility index (Phi) is 5.15. The third kappa shape index (κ3) is 2.92. The molecule has 1 heterocycles. The van der Waals surface area contributed by atoms with Crippen LogP contribution >= 0.6 is 11.6 Å². The zero-order valence-corrected chi connectivity index (χ0v) is 10.3. The molecule has 4 nitrogen and oxygen atoms in total. The normalized spacial score (nSPS) is 11.8. The number of halogens is 1. The first-order valence-corrected chi connectivity index (χ1v) is 5.65. The van der Waals surface area contributed by atoms with E-state index in [4.69, 9.17) is 26.8 Å². The molecule has 5 heteroatoms. The standard InChI is InChI=1S/C11H17ClN2O2/c1-3-15-11(8-13,16-4-2)9-5-10(12)7-14-6-9/h5-7H,3-4,8,13H2,1-2H3. The first kappa shape index (κ1) is 13.4. The fraction of sp³-hybridized carbons (Fsp3) is 0.545. The molecule has 90 valence electrons. The minimum Gasteiger partial charge on any atom is -0.345 e. The fourth-order valence-electron chi connectivity index (χ4n) is 1.53. The van der Waals surface area contributed by atoms with Crippen LogP contribution < -0.4 is 5.73 Å². The zero-order chi connectivity index (χ0) is 12.0. The molecule has 0 aliphatic rings. The number of nitrogens with zero attached hydrogens (tertiary/aromatic N) is 1. The lowest BCUT2D eigenvalue weighted by Crippen LogP contribution is -2.41. The van der Waals surface area contributed by atoms with Gasteiger partial charge in [-0.15, -0.1) is 0 Å². The van der Waals surface area contributed by atoms with Crippen molar-refractivity contribution < 1.29 is 9.47 Å². The molecule has 0 unspecified atom stereocenters. The lowest BCUT2D eigenvalue weighted by Gasteiger charge is -2.32. The molecule has 0 radical (unpaired) electrons. The van der Waals surface area contributed by atoms with Gasteiger partial charge in [0.05, 0.1) is 11.6 Å². The monoisotopic (exact) mass is 244 g/mol. The fourth-order valence-corrected chi connectivity index (χ4v) is 1.70. The Hall–Kier alpha value is -0.680. The summed E-state index contributed by atoms with van der Waals surface area (Å²) in [6.07, 6.45) is 3.22. The second-order valence-corrected chi connectivity index (χ2v) is 3.65. The molecular weight excluding hydrogens is 228 g/mol. The van der Waals surface area contributed by atoms with E-state index in [9.17, 15) is 0 Å². The molecule has 1 rings (SSSR count). The molecule has 0 bridgehead atoms. The van der Waals surface area contributed by atoms with Crippen LogP contribution in [0.2, 0.25) is 5.02 Å². The molecule has 0 fully saturated rings. The molecule has 0 aromatic carbocycles. The molecule has 16 heavy (non-hydrogen) atoms. The Morgan fingerprint density at radius 3 is 2.38 bits per heavy atom. The third-order valence-corrected chi connectivity index (χ3v) is 2.38. The maximum Gasteiger partial charge on any atom is 0.209 e. The molecular formula is C11H17ClN2O2. The number of aromatic nitrogens is 1. The van der Waals surface area contributed by atoms with Gasteiger partial charge in [-0.05, 0) is 19.9 Å². The topological polar surface area (TPSA) is 57.4 Å². The van der Waals surface area contributed by atoms with Crippen molar-refractivity contribution in [2.24, 2.45) is 5.73 Å². The van der Waals surface area contributed by atoms with Crippen molar-refractivity contribution in [1.29, 1.82) is 0 Å². The van der Waals surface area contributed by atoms with Gasteiger partial charge in [-0.3, -0.25) is 4.98 Å². The predicted molar refractivity (Wildman–Crippen MR) is 63.2 cm³/mol. The average Bonchev–Trinajstić information content (AvgIpc) is 2.28. The van der Waals surface area contributed by atoms with Crippen LogP contribution in [0.25, 0.3) is 0 Å². The van der Waals surface area contributed by atoms with Crippen molar-refractivity contribution in [3.8, 4) is 0 Å². The number of ether oxygens (including phenoxy) is 2. The van der Waals surface area contributed by atoms with Gasteiger partial charge < -0.3 is 15.2 Å². The van der Waals surface area contributed by atoms with Crippen LogP contribution in [-0.2, 0) is 15.3 Å². The molecule has 2 N–H and O–H groups in total. The second kappa shape index (κ2) is 6.15. The Labute approximate surface area is 101 Å². The van der Waals surface area contributed by atoms with Crippen molar-refractivity contribution in [3.63, 3.8) is 0 Å². The largest absolute Gasteiger partial charge is 0.345 e. The SMILES string of the molecule is CCOC(CN)(OCC)c1cncc(Cl)c1. The van der Waals surface area contributed by atoms with E-state index in [2.05, 4.69) is 4.98 Å². The molecule has 0 spiro atoms. The van der Waals surface area contributed by atoms with Gasteiger partial charge in [0.2, 0.25) is 5.79 Å². The van der Waals surface area contributed by atoms with Crippen LogP contribution in [0, 0.1) is 0 Å². The number of rotatable bonds is 6. The van der Waals surface area contributed by atoms with E-state index in [1.807, 2.05) is 13.8 Å². The quantitative estimate of drug-likeness (QED) is 0.777. The smallest absolute Gasteiger partial charge is 0.209 e. The minimum absolute atomic E-state index is 0.219. The Morgan fingerprint density at radius 2 is 1.94 bits per heavy atom. The van der Waals surface area contributed by atoms with Crippen LogP contribution in [0.3, 0.4) is 0 Å². The molecule has 1 aromatic heterocycles. The Morgan fingerprint density at radius 1 is 1.31 bits per heavy atom. The average molecular weight is 245 g/mol. The Bertz CT molecular complexity index is 328. The number of hydrogen-bond donors (Lipinski definition) is 1. The van der Waals surface area contributed by atoms with Gasteiger partial charge in [0.15, 0.2) is 0 Å². The first-order valence-electron chi connectivity index (χ1n) is 5.27. The van der Waals surface area contributed by atoms with Gasteiger partial charge in [-0.2, -0.15) is 0 Å². The highest BCUT2D eigenvalue weighted by Crippen LogP contribution is 2.27. The van der Waals surface area contributed by atoms with Gasteiger partial charge in [0, 0.05) is 31.2 Å². The van der Waals surface area contributed by atoms with E-state index in [-0.39, 0.29) is 6.54 Å². The summed E-state index contributed by atoms with van der Waals surface area (Å²) in [5.74, 6) is -0.943. The second-order valence-electron chi connectivity index (χ2n) is 3.21. The number of hydrogen-bond acceptors (Lipinski definition) is 4. The maximum absolute atomic E-state index is 5.89. The molecule has 1 aromatic rings. The van der Waals surface area contributed by atoms with Crippen LogP contribution in [0.4, 0.5) is 0 Å². The maximum atomic E-state index is 5.89. The van der Waals surface area contributed by atoms with Crippen molar-refractivity contribution in [2.45, 2.75) is 19.6 Å². The van der Waals surface area contributed by atoms with E-state index in [0.717, 1.165) is 5.56 Å². The highest BCUT2D eigenvalue weighted by molar-refractivity contribution is 6.30. The minimum atomic E-state index is -0.943. The van der Waals surface area contributed by atoms with Gasteiger partial charge in [-0.25, -0.2) is 0 Å². The van der Waals surface area contributed by atoms with Gasteiger partial charge in [0.1, 0.15) is 0 Å². The zero-order valence-electron chi connectivity index (χ0n) is 9.57. The summed E-state index contributed by atoms with van der Waals surface area (Å²) in [6.45, 7) is 5.01. The molecule has 0 aliphatic heterocycles. The highest BCUT2D eigenvalue weighted by atomic mass is 35.5. The van der Waals surface area contributed by atoms with E-state index in [0.29, 0.717) is 18.2 Å². The highest BCUT2D eigenvalue weighted by Gasteiger charge is 2.32. The van der Waals surface area contributed by atoms with Crippen LogP contribution in [0.5, 0.6) is 0 Å². The summed E-state index contributed by atoms with van der Waals surface area (Å²) in [4.78, 5) is 4.02. The Balaban J connectivity index is 3.07. The van der Waals surface area contributed by atoms with Gasteiger partial charge in [0.25, 0.3) is 0 Å². The van der Waals surface area contributed by atoms with Gasteiger partial charge >= 0.3 is 0 Å². The summed E-state index contributed by atoms with van der Waals surface area (Å²) in [6, 6.07) is 1.76. The van der Waals surface area contributed by atoms with Crippen molar-refractivity contribution in [2.75, 3.05) is 19.8 Å². The summed E-state index contributed by atoms with van der Waals surface area (Å²) in [7, 11) is 0. The van der Waals surface area contributed by atoms with Crippen molar-refractivity contribution >= 4 is 11.6 Å². The van der Waals surface area contributed by atoms with Crippen molar-refractivity contribution in [1.82, 2.24) is 4.98 Å². The summed E-state index contributed by atoms with van der Waals surface area (Å²) >= 11 is 5.89. The summed E-state index contributed by atoms with van der Waals surface area (Å²) < 4.78 is 11.2. The van der Waals surface area contributed by atoms with Crippen LogP contribution in [-0.4, -0.2) is 24.7 Å². The van der Waals surface area contributed by atoms with E-state index >= 15 is 0 Å². The lowest BCUT2D eigenvalue weighted by atomic mass is 10.1. The number of nitrogens with two attached hydrogens (primary N) is 1. The molecule has 0 atom stereocenters. The van der Waals surface area contributed by atoms with E-state index in [1.54, 1.807) is 18.5 Å². The van der Waals surface area contributed by atoms with Gasteiger partial charge in [-0.1, -0.05) is 11.6 Å². The summed E-state index contributed by atoms with van der Waals surface area (Å²) in [5, 5.41) is 0.537. The van der Waals surface area contributed by atoms with E-state index in [1.165, 1.54) is 0 Å². The molecule has 0 saturated heterocycles. The first-order chi connectivity index (χ1) is 7.68. The number of pyridine rings is 1. The van der Waals surface area contributed by atoms with Crippen LogP contribution in [0.15, 0.2) is 18.5 Å². The predicted octanol–water partition coefficient (Wildman–Crippen LogP) is 1.92. The molecule has 0 aliphatic carbocycles.